The van der Waals surface area contributed by atoms with Gasteiger partial charge in [-0.3, -0.25) is 10.1 Å². The Morgan fingerprint density at radius 3 is 2.80 bits per heavy atom. The van der Waals surface area contributed by atoms with Gasteiger partial charge in [0.25, 0.3) is 5.69 Å². The van der Waals surface area contributed by atoms with Crippen molar-refractivity contribution < 1.29 is 14.5 Å². The highest BCUT2D eigenvalue weighted by Crippen LogP contribution is 2.25. The molecule has 6 heteroatoms. The van der Waals surface area contributed by atoms with Gasteiger partial charge in [-0.25, -0.2) is 4.79 Å². The van der Waals surface area contributed by atoms with Crippen molar-refractivity contribution in [3.05, 3.63) is 51.7 Å². The quantitative estimate of drug-likeness (QED) is 0.527. The Kier molecular flexibility index (Phi) is 3.84. The number of aromatic amines is 1. The molecule has 1 N–H and O–H groups in total. The van der Waals surface area contributed by atoms with E-state index >= 15 is 0 Å². The van der Waals surface area contributed by atoms with Gasteiger partial charge in [-0.05, 0) is 19.9 Å². The molecule has 0 bridgehead atoms. The number of aromatic nitrogens is 1. The second kappa shape index (κ2) is 5.56. The zero-order chi connectivity index (χ0) is 14.7. The lowest BCUT2D eigenvalue weighted by Crippen LogP contribution is -2.04. The molecule has 104 valence electrons. The van der Waals surface area contributed by atoms with E-state index in [4.69, 9.17) is 4.74 Å². The van der Waals surface area contributed by atoms with Gasteiger partial charge in [0.1, 0.15) is 0 Å². The minimum atomic E-state index is -0.453. The van der Waals surface area contributed by atoms with Crippen LogP contribution in [0, 0.1) is 17.0 Å². The summed E-state index contributed by atoms with van der Waals surface area (Å²) in [6, 6.07) is 7.87. The lowest BCUT2D eigenvalue weighted by Gasteiger charge is -1.98. The Labute approximate surface area is 115 Å². The predicted molar refractivity (Wildman–Crippen MR) is 73.6 cm³/mol. The van der Waals surface area contributed by atoms with Crippen molar-refractivity contribution in [2.75, 3.05) is 6.61 Å². The number of hydrogen-bond donors (Lipinski definition) is 1. The topological polar surface area (TPSA) is 85.2 Å². The number of carbonyl (C=O) groups is 1. The Balaban J connectivity index is 2.39. The molecule has 0 aliphatic carbocycles. The fourth-order valence-corrected chi connectivity index (χ4v) is 1.92. The molecule has 0 fully saturated rings. The average Bonchev–Trinajstić information content (AvgIpc) is 2.81. The minimum Gasteiger partial charge on any atom is -0.462 e. The molecule has 0 saturated carbocycles. The lowest BCUT2D eigenvalue weighted by atomic mass is 10.1. The molecule has 2 aromatic rings. The van der Waals surface area contributed by atoms with Crippen LogP contribution in [0.25, 0.3) is 11.3 Å². The van der Waals surface area contributed by atoms with Crippen molar-refractivity contribution in [1.82, 2.24) is 4.98 Å². The van der Waals surface area contributed by atoms with Crippen LogP contribution in [-0.2, 0) is 4.74 Å². The summed E-state index contributed by atoms with van der Waals surface area (Å²) in [6.07, 6.45) is 0. The number of ether oxygens (including phenoxy) is 1. The second-order valence-electron chi connectivity index (χ2n) is 4.25. The molecule has 20 heavy (non-hydrogen) atoms. The summed E-state index contributed by atoms with van der Waals surface area (Å²) >= 11 is 0. The van der Waals surface area contributed by atoms with Crippen LogP contribution in [0.2, 0.25) is 0 Å². The highest BCUT2D eigenvalue weighted by Gasteiger charge is 2.15. The first kappa shape index (κ1) is 13.8. The van der Waals surface area contributed by atoms with Gasteiger partial charge in [0.2, 0.25) is 0 Å². The predicted octanol–water partition coefficient (Wildman–Crippen LogP) is 3.08. The SMILES string of the molecule is CCOC(=O)c1cc(-c2cccc([N+](=O)[O-])c2)[nH]c1C. The summed E-state index contributed by atoms with van der Waals surface area (Å²) in [5, 5.41) is 10.8. The molecule has 2 rings (SSSR count). The number of carbonyl (C=O) groups excluding carboxylic acids is 1. The molecule has 0 unspecified atom stereocenters. The molecule has 0 amide bonds. The number of nitro groups is 1. The van der Waals surface area contributed by atoms with E-state index in [0.29, 0.717) is 29.1 Å². The van der Waals surface area contributed by atoms with Crippen molar-refractivity contribution >= 4 is 11.7 Å². The summed E-state index contributed by atoms with van der Waals surface area (Å²) in [6.45, 7) is 3.80. The molecular weight excluding hydrogens is 260 g/mol. The first-order valence-electron chi connectivity index (χ1n) is 6.14. The maximum atomic E-state index is 11.7. The maximum absolute atomic E-state index is 11.7. The lowest BCUT2D eigenvalue weighted by molar-refractivity contribution is -0.384. The fraction of sp³-hybridized carbons (Fsp3) is 0.214. The Morgan fingerprint density at radius 2 is 2.15 bits per heavy atom. The first-order chi connectivity index (χ1) is 9.52. The molecule has 6 nitrogen and oxygen atoms in total. The van der Waals surface area contributed by atoms with Crippen molar-refractivity contribution in [3.8, 4) is 11.3 Å². The summed E-state index contributed by atoms with van der Waals surface area (Å²) < 4.78 is 4.95. The Hall–Kier alpha value is -2.63. The monoisotopic (exact) mass is 274 g/mol. The van der Waals surface area contributed by atoms with E-state index in [0.717, 1.165) is 0 Å². The third-order valence-electron chi connectivity index (χ3n) is 2.88. The zero-order valence-electron chi connectivity index (χ0n) is 11.2. The van der Waals surface area contributed by atoms with Crippen LogP contribution in [0.15, 0.2) is 30.3 Å². The van der Waals surface area contributed by atoms with Crippen LogP contribution >= 0.6 is 0 Å². The van der Waals surface area contributed by atoms with Gasteiger partial charge in [-0.15, -0.1) is 0 Å². The van der Waals surface area contributed by atoms with Crippen molar-refractivity contribution in [2.45, 2.75) is 13.8 Å². The van der Waals surface area contributed by atoms with Crippen LogP contribution in [0.4, 0.5) is 5.69 Å². The molecule has 0 aliphatic heterocycles. The van der Waals surface area contributed by atoms with E-state index in [2.05, 4.69) is 4.98 Å². The van der Waals surface area contributed by atoms with Crippen LogP contribution in [0.3, 0.4) is 0 Å². The van der Waals surface area contributed by atoms with Crippen LogP contribution in [0.5, 0.6) is 0 Å². The molecule has 1 heterocycles. The van der Waals surface area contributed by atoms with Crippen LogP contribution < -0.4 is 0 Å². The molecule has 0 radical (unpaired) electrons. The van der Waals surface area contributed by atoms with Crippen LogP contribution in [-0.4, -0.2) is 22.5 Å². The number of rotatable bonds is 4. The van der Waals surface area contributed by atoms with Gasteiger partial charge < -0.3 is 9.72 Å². The molecule has 0 aliphatic rings. The normalized spacial score (nSPS) is 10.3. The summed E-state index contributed by atoms with van der Waals surface area (Å²) in [5.74, 6) is -0.405. The summed E-state index contributed by atoms with van der Waals surface area (Å²) in [4.78, 5) is 25.1. The third kappa shape index (κ3) is 2.69. The van der Waals surface area contributed by atoms with E-state index in [-0.39, 0.29) is 5.69 Å². The van der Waals surface area contributed by atoms with Gasteiger partial charge >= 0.3 is 5.97 Å². The molecule has 0 saturated heterocycles. The molecule has 0 spiro atoms. The smallest absolute Gasteiger partial charge is 0.339 e. The van der Waals surface area contributed by atoms with Gasteiger partial charge in [0.15, 0.2) is 0 Å². The van der Waals surface area contributed by atoms with Gasteiger partial charge in [0.05, 0.1) is 17.1 Å². The largest absolute Gasteiger partial charge is 0.462 e. The van der Waals surface area contributed by atoms with E-state index in [1.807, 2.05) is 0 Å². The van der Waals surface area contributed by atoms with Gasteiger partial charge in [0, 0.05) is 29.1 Å². The summed E-state index contributed by atoms with van der Waals surface area (Å²) in [5.41, 5.74) is 2.41. The minimum absolute atomic E-state index is 0.00689. The van der Waals surface area contributed by atoms with Gasteiger partial charge in [-0.2, -0.15) is 0 Å². The number of nitrogens with zero attached hydrogens (tertiary/aromatic N) is 1. The standard InChI is InChI=1S/C14H14N2O4/c1-3-20-14(17)12-8-13(15-9(12)2)10-5-4-6-11(7-10)16(18)19/h4-8,15H,3H2,1-2H3. The van der Waals surface area contributed by atoms with E-state index in [9.17, 15) is 14.9 Å². The number of esters is 1. The number of H-pyrrole nitrogens is 1. The zero-order valence-corrected chi connectivity index (χ0v) is 11.2. The number of aryl methyl sites for hydroxylation is 1. The highest BCUT2D eigenvalue weighted by atomic mass is 16.6. The summed E-state index contributed by atoms with van der Waals surface area (Å²) in [7, 11) is 0. The average molecular weight is 274 g/mol. The highest BCUT2D eigenvalue weighted by molar-refractivity contribution is 5.92. The molecule has 1 aromatic heterocycles. The number of hydrogen-bond acceptors (Lipinski definition) is 4. The first-order valence-corrected chi connectivity index (χ1v) is 6.14. The molecular formula is C14H14N2O4. The number of nitro benzene ring substituents is 1. The third-order valence-corrected chi connectivity index (χ3v) is 2.88. The van der Waals surface area contributed by atoms with Crippen molar-refractivity contribution in [2.24, 2.45) is 0 Å². The fourth-order valence-electron chi connectivity index (χ4n) is 1.92. The van der Waals surface area contributed by atoms with Crippen molar-refractivity contribution in [1.29, 1.82) is 0 Å². The van der Waals surface area contributed by atoms with Crippen molar-refractivity contribution in [3.63, 3.8) is 0 Å². The number of benzene rings is 1. The maximum Gasteiger partial charge on any atom is 0.339 e. The van der Waals surface area contributed by atoms with Crippen LogP contribution in [0.1, 0.15) is 23.0 Å². The number of nitrogens with one attached hydrogen (secondary N) is 1. The molecule has 1 aromatic carbocycles. The second-order valence-corrected chi connectivity index (χ2v) is 4.25. The van der Waals surface area contributed by atoms with E-state index < -0.39 is 10.9 Å². The van der Waals surface area contributed by atoms with E-state index in [1.165, 1.54) is 12.1 Å². The number of non-ortho nitro benzene ring substituents is 1. The Morgan fingerprint density at radius 1 is 1.40 bits per heavy atom. The van der Waals surface area contributed by atoms with Gasteiger partial charge in [-0.1, -0.05) is 12.1 Å². The Bertz CT molecular complexity index is 661. The molecule has 0 atom stereocenters. The van der Waals surface area contributed by atoms with E-state index in [1.54, 1.807) is 32.0 Å².